The number of carbonyl (C=O) groups is 2. The molecule has 5 nitrogen and oxygen atoms in total. The minimum atomic E-state index is -0.329. The molecular formula is C19H27N2O3+. The van der Waals surface area contributed by atoms with Crippen LogP contribution in [0.1, 0.15) is 36.3 Å². The first-order valence-electron chi connectivity index (χ1n) is 8.64. The number of hydrogen-bond acceptors (Lipinski definition) is 3. The van der Waals surface area contributed by atoms with E-state index in [4.69, 9.17) is 0 Å². The number of carbonyl (C=O) groups excluding carboxylic acids is 2. The first-order valence-corrected chi connectivity index (χ1v) is 8.64. The summed E-state index contributed by atoms with van der Waals surface area (Å²) in [6.45, 7) is 4.21. The predicted octanol–water partition coefficient (Wildman–Crippen LogP) is 2.23. The number of methoxy groups -OCH3 is 1. The molecule has 0 N–H and O–H groups in total. The molecule has 2 aliphatic heterocycles. The first-order chi connectivity index (χ1) is 11.3. The molecular weight excluding hydrogens is 304 g/mol. The van der Waals surface area contributed by atoms with E-state index < -0.39 is 0 Å². The lowest BCUT2D eigenvalue weighted by Gasteiger charge is -2.41. The fourth-order valence-corrected chi connectivity index (χ4v) is 4.16. The van der Waals surface area contributed by atoms with Crippen LogP contribution < -0.4 is 4.90 Å². The lowest BCUT2D eigenvalue weighted by Crippen LogP contribution is -2.54. The third-order valence-corrected chi connectivity index (χ3v) is 5.40. The third kappa shape index (κ3) is 3.05. The van der Waals surface area contributed by atoms with Crippen LogP contribution in [0.5, 0.6) is 0 Å². The number of ether oxygens (including phenoxy) is 1. The van der Waals surface area contributed by atoms with Gasteiger partial charge in [0.05, 0.1) is 52.7 Å². The van der Waals surface area contributed by atoms with Crippen LogP contribution >= 0.6 is 0 Å². The van der Waals surface area contributed by atoms with Gasteiger partial charge in [-0.1, -0.05) is 17.7 Å². The molecule has 0 aromatic heterocycles. The maximum absolute atomic E-state index is 12.8. The average Bonchev–Trinajstić information content (AvgIpc) is 2.84. The molecule has 5 heteroatoms. The van der Waals surface area contributed by atoms with Gasteiger partial charge in [-0.15, -0.1) is 0 Å². The highest BCUT2D eigenvalue weighted by molar-refractivity contribution is 5.98. The number of aryl methyl sites for hydroxylation is 1. The van der Waals surface area contributed by atoms with Crippen molar-refractivity contribution in [2.24, 2.45) is 0 Å². The minimum absolute atomic E-state index is 0.0326. The molecule has 130 valence electrons. The Morgan fingerprint density at radius 3 is 2.75 bits per heavy atom. The fraction of sp³-hybridized carbons (Fsp3) is 0.579. The molecule has 0 radical (unpaired) electrons. The molecule has 1 saturated heterocycles. The Balaban J connectivity index is 1.90. The number of piperidine rings is 1. The number of benzene rings is 1. The van der Waals surface area contributed by atoms with Gasteiger partial charge in [0.1, 0.15) is 0 Å². The number of esters is 1. The van der Waals surface area contributed by atoms with Crippen molar-refractivity contribution in [2.45, 2.75) is 38.1 Å². The molecule has 0 bridgehead atoms. The molecule has 2 aliphatic rings. The molecule has 3 rings (SSSR count). The highest BCUT2D eigenvalue weighted by Gasteiger charge is 2.47. The number of hydrogen-bond donors (Lipinski definition) is 0. The molecule has 0 unspecified atom stereocenters. The van der Waals surface area contributed by atoms with Crippen LogP contribution in [0.4, 0.5) is 5.69 Å². The van der Waals surface area contributed by atoms with Crippen LogP contribution in [0.25, 0.3) is 0 Å². The topological polar surface area (TPSA) is 46.6 Å². The number of fused-ring (bicyclic) bond motifs is 3. The molecule has 2 heterocycles. The van der Waals surface area contributed by atoms with Crippen molar-refractivity contribution in [3.8, 4) is 0 Å². The predicted molar refractivity (Wildman–Crippen MR) is 92.9 cm³/mol. The lowest BCUT2D eigenvalue weighted by atomic mass is 9.87. The summed E-state index contributed by atoms with van der Waals surface area (Å²) in [6.07, 6.45) is 1.35. The zero-order valence-corrected chi connectivity index (χ0v) is 15.0. The number of likely N-dealkylation sites (N-methyl/N-ethyl adjacent to an activating group) is 1. The molecule has 2 atom stereocenters. The molecule has 0 aliphatic carbocycles. The van der Waals surface area contributed by atoms with Gasteiger partial charge in [0, 0.05) is 18.5 Å². The minimum Gasteiger partial charge on any atom is -0.469 e. The molecule has 0 saturated carbocycles. The molecule has 0 spiro atoms. The Kier molecular flexibility index (Phi) is 4.38. The van der Waals surface area contributed by atoms with E-state index >= 15 is 0 Å². The van der Waals surface area contributed by atoms with E-state index in [0.29, 0.717) is 5.92 Å². The van der Waals surface area contributed by atoms with E-state index in [9.17, 15) is 9.59 Å². The molecule has 1 amide bonds. The van der Waals surface area contributed by atoms with Crippen LogP contribution in [0.2, 0.25) is 0 Å². The van der Waals surface area contributed by atoms with Crippen molar-refractivity contribution in [1.82, 2.24) is 0 Å². The van der Waals surface area contributed by atoms with Crippen LogP contribution in [0, 0.1) is 6.92 Å². The lowest BCUT2D eigenvalue weighted by molar-refractivity contribution is -0.896. The maximum Gasteiger partial charge on any atom is 0.306 e. The normalized spacial score (nSPS) is 24.2. The van der Waals surface area contributed by atoms with E-state index in [-0.39, 0.29) is 30.8 Å². The Morgan fingerprint density at radius 1 is 1.29 bits per heavy atom. The van der Waals surface area contributed by atoms with Crippen LogP contribution in [0.15, 0.2) is 18.2 Å². The number of rotatable bonds is 3. The van der Waals surface area contributed by atoms with Gasteiger partial charge in [-0.25, -0.2) is 0 Å². The zero-order valence-electron chi connectivity index (χ0n) is 15.0. The Labute approximate surface area is 143 Å². The maximum atomic E-state index is 12.8. The summed E-state index contributed by atoms with van der Waals surface area (Å²) in [5.74, 6) is 0.0839. The van der Waals surface area contributed by atoms with Gasteiger partial charge < -0.3 is 14.1 Å². The van der Waals surface area contributed by atoms with Gasteiger partial charge in [0.2, 0.25) is 5.91 Å². The van der Waals surface area contributed by atoms with E-state index in [0.717, 1.165) is 29.7 Å². The van der Waals surface area contributed by atoms with E-state index in [1.165, 1.54) is 18.2 Å². The van der Waals surface area contributed by atoms with Gasteiger partial charge in [-0.2, -0.15) is 0 Å². The van der Waals surface area contributed by atoms with Gasteiger partial charge >= 0.3 is 5.97 Å². The van der Waals surface area contributed by atoms with Gasteiger partial charge in [-0.3, -0.25) is 9.59 Å². The largest absolute Gasteiger partial charge is 0.469 e. The highest BCUT2D eigenvalue weighted by atomic mass is 16.5. The summed E-state index contributed by atoms with van der Waals surface area (Å²) in [5.41, 5.74) is 3.55. The first kappa shape index (κ1) is 17.0. The quantitative estimate of drug-likeness (QED) is 0.630. The van der Waals surface area contributed by atoms with Crippen molar-refractivity contribution in [3.05, 3.63) is 29.3 Å². The second kappa shape index (κ2) is 6.20. The summed E-state index contributed by atoms with van der Waals surface area (Å²) >= 11 is 0. The number of nitrogens with zero attached hydrogens (tertiary/aromatic N) is 2. The summed E-state index contributed by atoms with van der Waals surface area (Å²) in [4.78, 5) is 26.2. The Morgan fingerprint density at radius 2 is 2.04 bits per heavy atom. The van der Waals surface area contributed by atoms with Gasteiger partial charge in [0.25, 0.3) is 0 Å². The summed E-state index contributed by atoms with van der Waals surface area (Å²) in [6, 6.07) is 6.58. The third-order valence-electron chi connectivity index (χ3n) is 5.40. The highest BCUT2D eigenvalue weighted by Crippen LogP contribution is 2.46. The van der Waals surface area contributed by atoms with Crippen molar-refractivity contribution in [1.29, 1.82) is 0 Å². The van der Waals surface area contributed by atoms with Gasteiger partial charge in [-0.05, 0) is 18.6 Å². The number of likely N-dealkylation sites (tertiary alicyclic amines) is 1. The molecule has 1 fully saturated rings. The van der Waals surface area contributed by atoms with Crippen LogP contribution in [-0.4, -0.2) is 56.7 Å². The van der Waals surface area contributed by atoms with Gasteiger partial charge in [0.15, 0.2) is 0 Å². The smallest absolute Gasteiger partial charge is 0.306 e. The van der Waals surface area contributed by atoms with Crippen molar-refractivity contribution >= 4 is 17.6 Å². The second-order valence-corrected chi connectivity index (χ2v) is 7.71. The fourth-order valence-electron chi connectivity index (χ4n) is 4.16. The summed E-state index contributed by atoms with van der Waals surface area (Å²) in [7, 11) is 5.87. The Bertz CT molecular complexity index is 669. The monoisotopic (exact) mass is 331 g/mol. The molecule has 1 aromatic rings. The second-order valence-electron chi connectivity index (χ2n) is 7.71. The van der Waals surface area contributed by atoms with E-state index in [2.05, 4.69) is 44.0 Å². The van der Waals surface area contributed by atoms with Crippen LogP contribution in [0.3, 0.4) is 0 Å². The van der Waals surface area contributed by atoms with Crippen molar-refractivity contribution in [3.63, 3.8) is 0 Å². The SMILES string of the molecule is COC(=O)CCC(=O)N1c2ccc(C)cc2[C@@H]2C[N+](C)(C)CC[C@H]21. The number of anilines is 1. The number of quaternary nitrogens is 1. The van der Waals surface area contributed by atoms with E-state index in [1.807, 2.05) is 4.90 Å². The number of amides is 1. The molecule has 24 heavy (non-hydrogen) atoms. The average molecular weight is 331 g/mol. The summed E-state index contributed by atoms with van der Waals surface area (Å²) in [5, 5.41) is 0. The van der Waals surface area contributed by atoms with E-state index in [1.54, 1.807) is 0 Å². The Hall–Kier alpha value is -1.88. The summed E-state index contributed by atoms with van der Waals surface area (Å²) < 4.78 is 5.66. The standard InChI is InChI=1S/C19H27N2O3/c1-13-5-6-16-14(11-13)15-12-21(2,3)10-9-17(15)20(16)18(22)7-8-19(23)24-4/h5-6,11,15,17H,7-10,12H2,1-4H3/q+1/t15-,17+/m0/s1. The molecule has 1 aromatic carbocycles. The zero-order chi connectivity index (χ0) is 17.5. The van der Waals surface area contributed by atoms with Crippen molar-refractivity contribution in [2.75, 3.05) is 39.2 Å². The van der Waals surface area contributed by atoms with Crippen molar-refractivity contribution < 1.29 is 18.8 Å². The van der Waals surface area contributed by atoms with Crippen LogP contribution in [-0.2, 0) is 14.3 Å².